The minimum Gasteiger partial charge on any atom is -0.384 e. The smallest absolute Gasteiger partial charge is 0.231 e. The summed E-state index contributed by atoms with van der Waals surface area (Å²) in [6.07, 6.45) is 0.964. The third-order valence-corrected chi connectivity index (χ3v) is 4.16. The highest BCUT2D eigenvalue weighted by atomic mass is 32.2. The lowest BCUT2D eigenvalue weighted by molar-refractivity contribution is 0.351. The second-order valence-corrected chi connectivity index (χ2v) is 5.90. The number of fused-ring (bicyclic) bond motifs is 1. The van der Waals surface area contributed by atoms with Crippen molar-refractivity contribution in [2.45, 2.75) is 25.0 Å². The molecule has 0 spiro atoms. The molecule has 1 aliphatic heterocycles. The number of para-hydroxylation sites is 1. The molecule has 1 aromatic heterocycles. The van der Waals surface area contributed by atoms with Crippen molar-refractivity contribution in [1.29, 1.82) is 0 Å². The Morgan fingerprint density at radius 1 is 1.42 bits per heavy atom. The van der Waals surface area contributed by atoms with Crippen LogP contribution in [0.15, 0.2) is 28.8 Å². The maximum Gasteiger partial charge on any atom is 0.231 e. The SMILES string of the molecule is CCSCc1noc(C2CNc3ccccc3C2)n1. The third-order valence-electron chi connectivity index (χ3n) is 3.29. The molecule has 1 atom stereocenters. The Morgan fingerprint density at radius 2 is 2.32 bits per heavy atom. The van der Waals surface area contributed by atoms with Crippen LogP contribution in [0.4, 0.5) is 5.69 Å². The Kier molecular flexibility index (Phi) is 3.73. The molecule has 0 fully saturated rings. The van der Waals surface area contributed by atoms with Crippen LogP contribution in [0, 0.1) is 0 Å². The molecule has 5 heteroatoms. The van der Waals surface area contributed by atoms with Gasteiger partial charge in [0.2, 0.25) is 5.89 Å². The van der Waals surface area contributed by atoms with Crippen molar-refractivity contribution in [2.75, 3.05) is 17.6 Å². The summed E-state index contributed by atoms with van der Waals surface area (Å²) in [6, 6.07) is 8.39. The van der Waals surface area contributed by atoms with Crippen LogP contribution in [-0.4, -0.2) is 22.4 Å². The molecule has 1 N–H and O–H groups in total. The van der Waals surface area contributed by atoms with Gasteiger partial charge in [0.1, 0.15) is 0 Å². The fraction of sp³-hybridized carbons (Fsp3) is 0.429. The molecular weight excluding hydrogens is 258 g/mol. The van der Waals surface area contributed by atoms with Crippen molar-refractivity contribution in [1.82, 2.24) is 10.1 Å². The zero-order valence-corrected chi connectivity index (χ0v) is 11.7. The number of nitrogens with zero attached hydrogens (tertiary/aromatic N) is 2. The predicted octanol–water partition coefficient (Wildman–Crippen LogP) is 3.07. The van der Waals surface area contributed by atoms with E-state index >= 15 is 0 Å². The van der Waals surface area contributed by atoms with Gasteiger partial charge in [-0.05, 0) is 23.8 Å². The largest absolute Gasteiger partial charge is 0.384 e. The summed E-state index contributed by atoms with van der Waals surface area (Å²) in [7, 11) is 0. The van der Waals surface area contributed by atoms with E-state index in [1.165, 1.54) is 11.3 Å². The zero-order valence-electron chi connectivity index (χ0n) is 10.9. The van der Waals surface area contributed by atoms with Gasteiger partial charge in [-0.1, -0.05) is 30.3 Å². The summed E-state index contributed by atoms with van der Waals surface area (Å²) >= 11 is 1.81. The molecule has 2 aromatic rings. The van der Waals surface area contributed by atoms with Crippen LogP contribution >= 0.6 is 11.8 Å². The first kappa shape index (κ1) is 12.5. The van der Waals surface area contributed by atoms with Crippen LogP contribution in [0.2, 0.25) is 0 Å². The van der Waals surface area contributed by atoms with Crippen LogP contribution in [-0.2, 0) is 12.2 Å². The molecule has 0 aliphatic carbocycles. The van der Waals surface area contributed by atoms with E-state index in [2.05, 4.69) is 46.6 Å². The van der Waals surface area contributed by atoms with Crippen LogP contribution in [0.25, 0.3) is 0 Å². The van der Waals surface area contributed by atoms with Gasteiger partial charge in [-0.2, -0.15) is 16.7 Å². The number of thioether (sulfide) groups is 1. The summed E-state index contributed by atoms with van der Waals surface area (Å²) in [4.78, 5) is 4.51. The highest BCUT2D eigenvalue weighted by Crippen LogP contribution is 2.29. The number of rotatable bonds is 4. The molecule has 1 unspecified atom stereocenters. The number of anilines is 1. The Labute approximate surface area is 117 Å². The first-order chi connectivity index (χ1) is 9.36. The van der Waals surface area contributed by atoms with Gasteiger partial charge in [0.05, 0.1) is 11.7 Å². The van der Waals surface area contributed by atoms with Gasteiger partial charge >= 0.3 is 0 Å². The van der Waals surface area contributed by atoms with E-state index in [0.29, 0.717) is 0 Å². The monoisotopic (exact) mass is 275 g/mol. The zero-order chi connectivity index (χ0) is 13.1. The molecule has 0 radical (unpaired) electrons. The van der Waals surface area contributed by atoms with E-state index in [4.69, 9.17) is 4.52 Å². The fourth-order valence-corrected chi connectivity index (χ4v) is 2.81. The Balaban J connectivity index is 1.72. The highest BCUT2D eigenvalue weighted by molar-refractivity contribution is 7.98. The van der Waals surface area contributed by atoms with E-state index in [9.17, 15) is 0 Å². The van der Waals surface area contributed by atoms with Crippen LogP contribution in [0.3, 0.4) is 0 Å². The second-order valence-electron chi connectivity index (χ2n) is 4.63. The molecule has 2 heterocycles. The maximum atomic E-state index is 5.40. The Bertz CT molecular complexity index is 555. The van der Waals surface area contributed by atoms with E-state index in [1.54, 1.807) is 0 Å². The van der Waals surface area contributed by atoms with E-state index in [1.807, 2.05) is 11.8 Å². The first-order valence-corrected chi connectivity index (χ1v) is 7.74. The minimum atomic E-state index is 0.280. The van der Waals surface area contributed by atoms with Crippen molar-refractivity contribution < 1.29 is 4.52 Å². The molecule has 19 heavy (non-hydrogen) atoms. The molecular formula is C14H17N3OS. The molecule has 0 saturated heterocycles. The number of benzene rings is 1. The topological polar surface area (TPSA) is 51.0 Å². The van der Waals surface area contributed by atoms with Crippen molar-refractivity contribution in [3.63, 3.8) is 0 Å². The third kappa shape index (κ3) is 2.76. The van der Waals surface area contributed by atoms with E-state index < -0.39 is 0 Å². The molecule has 100 valence electrons. The molecule has 4 nitrogen and oxygen atoms in total. The highest BCUT2D eigenvalue weighted by Gasteiger charge is 2.24. The lowest BCUT2D eigenvalue weighted by Crippen LogP contribution is -2.21. The van der Waals surface area contributed by atoms with Crippen LogP contribution < -0.4 is 5.32 Å². The number of nitrogens with one attached hydrogen (secondary N) is 1. The Morgan fingerprint density at radius 3 is 3.21 bits per heavy atom. The van der Waals surface area contributed by atoms with Crippen molar-refractivity contribution in [2.24, 2.45) is 0 Å². The average Bonchev–Trinajstić information content (AvgIpc) is 2.93. The average molecular weight is 275 g/mol. The van der Waals surface area contributed by atoms with Crippen LogP contribution in [0.5, 0.6) is 0 Å². The van der Waals surface area contributed by atoms with Gasteiger partial charge in [0, 0.05) is 12.2 Å². The number of hydrogen-bond acceptors (Lipinski definition) is 5. The molecule has 1 aromatic carbocycles. The molecule has 0 bridgehead atoms. The molecule has 0 amide bonds. The minimum absolute atomic E-state index is 0.280. The van der Waals surface area contributed by atoms with Gasteiger partial charge in [0.25, 0.3) is 0 Å². The summed E-state index contributed by atoms with van der Waals surface area (Å²) in [5.74, 6) is 3.75. The lowest BCUT2D eigenvalue weighted by atomic mass is 9.94. The van der Waals surface area contributed by atoms with E-state index in [-0.39, 0.29) is 5.92 Å². The number of hydrogen-bond donors (Lipinski definition) is 1. The van der Waals surface area contributed by atoms with Gasteiger partial charge in [0.15, 0.2) is 5.82 Å². The van der Waals surface area contributed by atoms with Crippen molar-refractivity contribution >= 4 is 17.4 Å². The van der Waals surface area contributed by atoms with Crippen molar-refractivity contribution in [3.8, 4) is 0 Å². The second kappa shape index (κ2) is 5.65. The van der Waals surface area contributed by atoms with Crippen molar-refractivity contribution in [3.05, 3.63) is 41.5 Å². The number of aromatic nitrogens is 2. The maximum absolute atomic E-state index is 5.40. The summed E-state index contributed by atoms with van der Waals surface area (Å²) < 4.78 is 5.40. The van der Waals surface area contributed by atoms with Crippen LogP contribution in [0.1, 0.15) is 30.1 Å². The summed E-state index contributed by atoms with van der Waals surface area (Å²) in [5, 5.41) is 7.48. The lowest BCUT2D eigenvalue weighted by Gasteiger charge is -2.23. The predicted molar refractivity (Wildman–Crippen MR) is 77.5 cm³/mol. The quantitative estimate of drug-likeness (QED) is 0.929. The normalized spacial score (nSPS) is 17.8. The van der Waals surface area contributed by atoms with E-state index in [0.717, 1.165) is 36.2 Å². The van der Waals surface area contributed by atoms with Gasteiger partial charge < -0.3 is 9.84 Å². The summed E-state index contributed by atoms with van der Waals surface area (Å²) in [5.41, 5.74) is 2.54. The molecule has 0 saturated carbocycles. The Hall–Kier alpha value is -1.49. The summed E-state index contributed by atoms with van der Waals surface area (Å²) in [6.45, 7) is 2.99. The molecule has 3 rings (SSSR count). The van der Waals surface area contributed by atoms with Gasteiger partial charge in [-0.25, -0.2) is 0 Å². The standard InChI is InChI=1S/C14H17N3OS/c1-2-19-9-13-16-14(18-17-13)11-7-10-5-3-4-6-12(10)15-8-11/h3-6,11,15H,2,7-9H2,1H3. The van der Waals surface area contributed by atoms with Gasteiger partial charge in [-0.15, -0.1) is 0 Å². The molecule has 1 aliphatic rings. The first-order valence-electron chi connectivity index (χ1n) is 6.59. The van der Waals surface area contributed by atoms with Gasteiger partial charge in [-0.3, -0.25) is 0 Å². The fourth-order valence-electron chi connectivity index (χ4n) is 2.30.